The van der Waals surface area contributed by atoms with Crippen molar-refractivity contribution < 1.29 is 14.3 Å². The summed E-state index contributed by atoms with van der Waals surface area (Å²) in [5.41, 5.74) is 2.08. The van der Waals surface area contributed by atoms with E-state index in [0.29, 0.717) is 12.3 Å². The smallest absolute Gasteiger partial charge is 0.271 e. The van der Waals surface area contributed by atoms with E-state index in [4.69, 9.17) is 4.74 Å². The number of aryl methyl sites for hydroxylation is 1. The Kier molecular flexibility index (Phi) is 4.92. The minimum atomic E-state index is -0.119. The second kappa shape index (κ2) is 6.80. The van der Waals surface area contributed by atoms with Crippen LogP contribution in [0.4, 0.5) is 0 Å². The first-order chi connectivity index (χ1) is 11.3. The molecule has 0 radical (unpaired) electrons. The molecule has 1 atom stereocenters. The SMILES string of the molecule is Cc1scnc1C(=O)NC1CC(NC(=O)C2CCC(C)(C)OC2)C1. The molecule has 2 heterocycles. The summed E-state index contributed by atoms with van der Waals surface area (Å²) in [6.45, 7) is 6.51. The van der Waals surface area contributed by atoms with Crippen molar-refractivity contribution in [1.29, 1.82) is 0 Å². The van der Waals surface area contributed by atoms with E-state index < -0.39 is 0 Å². The average Bonchev–Trinajstić information content (AvgIpc) is 2.90. The maximum atomic E-state index is 12.3. The van der Waals surface area contributed by atoms with Crippen molar-refractivity contribution in [3.05, 3.63) is 16.1 Å². The molecule has 2 N–H and O–H groups in total. The summed E-state index contributed by atoms with van der Waals surface area (Å²) in [4.78, 5) is 29.4. The fourth-order valence-corrected chi connectivity index (χ4v) is 3.73. The van der Waals surface area contributed by atoms with Crippen LogP contribution in [0.3, 0.4) is 0 Å². The van der Waals surface area contributed by atoms with Crippen molar-refractivity contribution in [2.24, 2.45) is 5.92 Å². The van der Waals surface area contributed by atoms with Gasteiger partial charge in [-0.25, -0.2) is 4.98 Å². The zero-order valence-electron chi connectivity index (χ0n) is 14.4. The van der Waals surface area contributed by atoms with Crippen LogP contribution in [-0.4, -0.2) is 41.1 Å². The predicted molar refractivity (Wildman–Crippen MR) is 92.0 cm³/mol. The molecule has 3 rings (SSSR count). The van der Waals surface area contributed by atoms with Gasteiger partial charge in [-0.3, -0.25) is 9.59 Å². The highest BCUT2D eigenvalue weighted by Gasteiger charge is 2.36. The normalized spacial score (nSPS) is 28.7. The van der Waals surface area contributed by atoms with Crippen LogP contribution in [0.5, 0.6) is 0 Å². The number of nitrogens with zero attached hydrogens (tertiary/aromatic N) is 1. The topological polar surface area (TPSA) is 80.3 Å². The second-order valence-corrected chi connectivity index (χ2v) is 8.47. The number of nitrogens with one attached hydrogen (secondary N) is 2. The van der Waals surface area contributed by atoms with Crippen LogP contribution in [0.2, 0.25) is 0 Å². The Morgan fingerprint density at radius 3 is 2.58 bits per heavy atom. The number of thiazole rings is 1. The van der Waals surface area contributed by atoms with Crippen LogP contribution in [0.15, 0.2) is 5.51 Å². The third-order valence-corrected chi connectivity index (χ3v) is 5.68. The first kappa shape index (κ1) is 17.4. The van der Waals surface area contributed by atoms with Gasteiger partial charge in [-0.15, -0.1) is 11.3 Å². The van der Waals surface area contributed by atoms with Gasteiger partial charge in [0.2, 0.25) is 5.91 Å². The van der Waals surface area contributed by atoms with Crippen LogP contribution in [-0.2, 0) is 9.53 Å². The zero-order chi connectivity index (χ0) is 17.3. The Bertz CT molecular complexity index is 612. The summed E-state index contributed by atoms with van der Waals surface area (Å²) in [6, 6.07) is 0.264. The van der Waals surface area contributed by atoms with Crippen LogP contribution in [0, 0.1) is 12.8 Å². The molecule has 1 saturated carbocycles. The average molecular weight is 351 g/mol. The van der Waals surface area contributed by atoms with Crippen LogP contribution < -0.4 is 10.6 Å². The summed E-state index contributed by atoms with van der Waals surface area (Å²) in [5.74, 6) is -0.0913. The van der Waals surface area contributed by atoms with E-state index in [1.165, 1.54) is 11.3 Å². The van der Waals surface area contributed by atoms with Crippen molar-refractivity contribution in [3.8, 4) is 0 Å². The highest BCUT2D eigenvalue weighted by Crippen LogP contribution is 2.28. The number of hydrogen-bond donors (Lipinski definition) is 2. The largest absolute Gasteiger partial charge is 0.375 e. The molecule has 0 bridgehead atoms. The number of carbonyl (C=O) groups excluding carboxylic acids is 2. The first-order valence-corrected chi connectivity index (χ1v) is 9.37. The molecule has 0 spiro atoms. The van der Waals surface area contributed by atoms with E-state index in [-0.39, 0.29) is 35.4 Å². The molecule has 1 aromatic rings. The lowest BCUT2D eigenvalue weighted by atomic mass is 9.85. The van der Waals surface area contributed by atoms with Crippen LogP contribution in [0.25, 0.3) is 0 Å². The van der Waals surface area contributed by atoms with E-state index >= 15 is 0 Å². The summed E-state index contributed by atoms with van der Waals surface area (Å²) >= 11 is 1.47. The number of carbonyl (C=O) groups is 2. The van der Waals surface area contributed by atoms with Crippen molar-refractivity contribution >= 4 is 23.2 Å². The van der Waals surface area contributed by atoms with Gasteiger partial charge < -0.3 is 15.4 Å². The fraction of sp³-hybridized carbons (Fsp3) is 0.706. The van der Waals surface area contributed by atoms with Crippen molar-refractivity contribution in [3.63, 3.8) is 0 Å². The Labute approximate surface area is 146 Å². The quantitative estimate of drug-likeness (QED) is 0.870. The van der Waals surface area contributed by atoms with E-state index in [1.54, 1.807) is 5.51 Å². The van der Waals surface area contributed by atoms with Gasteiger partial charge in [0.05, 0.1) is 23.6 Å². The highest BCUT2D eigenvalue weighted by atomic mass is 32.1. The van der Waals surface area contributed by atoms with Crippen LogP contribution >= 0.6 is 11.3 Å². The molecule has 1 unspecified atom stereocenters. The Hall–Kier alpha value is -1.47. The molecule has 24 heavy (non-hydrogen) atoms. The molecule has 2 aliphatic rings. The number of ether oxygens (including phenoxy) is 1. The molecule has 1 saturated heterocycles. The number of amides is 2. The summed E-state index contributed by atoms with van der Waals surface area (Å²) in [6.07, 6.45) is 3.33. The third kappa shape index (κ3) is 3.95. The van der Waals surface area contributed by atoms with Gasteiger partial charge in [0, 0.05) is 17.0 Å². The van der Waals surface area contributed by atoms with Crippen molar-refractivity contribution in [1.82, 2.24) is 15.6 Å². The second-order valence-electron chi connectivity index (χ2n) is 7.41. The van der Waals surface area contributed by atoms with Gasteiger partial charge in [0.25, 0.3) is 5.91 Å². The summed E-state index contributed by atoms with van der Waals surface area (Å²) < 4.78 is 5.73. The number of rotatable bonds is 4. The Balaban J connectivity index is 1.39. The Morgan fingerprint density at radius 1 is 1.29 bits per heavy atom. The molecule has 2 fully saturated rings. The lowest BCUT2D eigenvalue weighted by Gasteiger charge is -2.38. The molecule has 1 aromatic heterocycles. The van der Waals surface area contributed by atoms with E-state index in [0.717, 1.165) is 30.6 Å². The molecule has 132 valence electrons. The van der Waals surface area contributed by atoms with Gasteiger partial charge >= 0.3 is 0 Å². The van der Waals surface area contributed by atoms with Gasteiger partial charge in [-0.1, -0.05) is 0 Å². The van der Waals surface area contributed by atoms with Gasteiger partial charge in [0.1, 0.15) is 5.69 Å². The van der Waals surface area contributed by atoms with Crippen molar-refractivity contribution in [2.45, 2.75) is 64.1 Å². The molecule has 0 aromatic carbocycles. The molecule has 2 amide bonds. The first-order valence-electron chi connectivity index (χ1n) is 8.49. The molecule has 1 aliphatic heterocycles. The maximum Gasteiger partial charge on any atom is 0.271 e. The van der Waals surface area contributed by atoms with Gasteiger partial charge in [0.15, 0.2) is 0 Å². The minimum absolute atomic E-state index is 0.0516. The van der Waals surface area contributed by atoms with E-state index in [1.807, 2.05) is 6.92 Å². The highest BCUT2D eigenvalue weighted by molar-refractivity contribution is 7.09. The lowest BCUT2D eigenvalue weighted by Crippen LogP contribution is -2.55. The summed E-state index contributed by atoms with van der Waals surface area (Å²) in [7, 11) is 0. The number of aromatic nitrogens is 1. The van der Waals surface area contributed by atoms with E-state index in [2.05, 4.69) is 29.5 Å². The van der Waals surface area contributed by atoms with E-state index in [9.17, 15) is 9.59 Å². The predicted octanol–water partition coefficient (Wildman–Crippen LogP) is 2.03. The monoisotopic (exact) mass is 351 g/mol. The molecule has 1 aliphatic carbocycles. The van der Waals surface area contributed by atoms with Gasteiger partial charge in [-0.2, -0.15) is 0 Å². The molecular formula is C17H25N3O3S. The maximum absolute atomic E-state index is 12.3. The van der Waals surface area contributed by atoms with Gasteiger partial charge in [-0.05, 0) is 46.5 Å². The fourth-order valence-electron chi connectivity index (χ4n) is 3.16. The third-order valence-electron chi connectivity index (χ3n) is 4.92. The Morgan fingerprint density at radius 2 is 2.00 bits per heavy atom. The zero-order valence-corrected chi connectivity index (χ0v) is 15.2. The molecule has 6 nitrogen and oxygen atoms in total. The molecule has 7 heteroatoms. The number of hydrogen-bond acceptors (Lipinski definition) is 5. The standard InChI is InChI=1S/C17H25N3O3S/c1-10-14(18-9-24-10)16(22)20-13-6-12(7-13)19-15(21)11-4-5-17(2,3)23-8-11/h9,11-13H,4-8H2,1-3H3,(H,19,21)(H,20,22). The molecular weight excluding hydrogens is 326 g/mol. The van der Waals surface area contributed by atoms with Crippen LogP contribution in [0.1, 0.15) is 54.9 Å². The van der Waals surface area contributed by atoms with Crippen molar-refractivity contribution in [2.75, 3.05) is 6.61 Å². The summed E-state index contributed by atoms with van der Waals surface area (Å²) in [5, 5.41) is 6.06. The lowest BCUT2D eigenvalue weighted by molar-refractivity contribution is -0.137. The minimum Gasteiger partial charge on any atom is -0.375 e.